The second kappa shape index (κ2) is 7.85. The van der Waals surface area contributed by atoms with Gasteiger partial charge in [-0.1, -0.05) is 6.07 Å². The van der Waals surface area contributed by atoms with Crippen molar-refractivity contribution in [2.24, 2.45) is 0 Å². The van der Waals surface area contributed by atoms with Crippen LogP contribution in [-0.2, 0) is 4.74 Å². The van der Waals surface area contributed by atoms with Crippen molar-refractivity contribution in [2.75, 3.05) is 50.7 Å². The summed E-state index contributed by atoms with van der Waals surface area (Å²) >= 11 is 0. The summed E-state index contributed by atoms with van der Waals surface area (Å²) in [6, 6.07) is 10.6. The maximum absolute atomic E-state index is 12.6. The molecule has 1 fully saturated rings. The molecular formula is C18H21N3O4. The van der Waals surface area contributed by atoms with Crippen LogP contribution in [0, 0.1) is 0 Å². The molecule has 1 aliphatic heterocycles. The zero-order valence-electron chi connectivity index (χ0n) is 14.3. The fourth-order valence-corrected chi connectivity index (χ4v) is 2.61. The summed E-state index contributed by atoms with van der Waals surface area (Å²) in [4.78, 5) is 19.1. The van der Waals surface area contributed by atoms with Crippen LogP contribution in [0.15, 0.2) is 36.4 Å². The summed E-state index contributed by atoms with van der Waals surface area (Å²) in [5.41, 5.74) is 0.911. The number of hydrogen-bond donors (Lipinski definition) is 1. The number of anilines is 2. The van der Waals surface area contributed by atoms with Crippen molar-refractivity contribution in [3.8, 4) is 11.5 Å². The largest absolute Gasteiger partial charge is 0.497 e. The lowest BCUT2D eigenvalue weighted by Crippen LogP contribution is -2.37. The number of aromatic nitrogens is 1. The van der Waals surface area contributed by atoms with E-state index in [2.05, 4.69) is 15.2 Å². The minimum Gasteiger partial charge on any atom is -0.497 e. The van der Waals surface area contributed by atoms with E-state index in [-0.39, 0.29) is 5.91 Å². The highest BCUT2D eigenvalue weighted by Gasteiger charge is 2.16. The summed E-state index contributed by atoms with van der Waals surface area (Å²) in [7, 11) is 3.12. The first kappa shape index (κ1) is 17.0. The van der Waals surface area contributed by atoms with Crippen LogP contribution in [0.5, 0.6) is 11.5 Å². The molecule has 0 saturated carbocycles. The number of morpholine rings is 1. The van der Waals surface area contributed by atoms with E-state index in [0.29, 0.717) is 36.1 Å². The van der Waals surface area contributed by atoms with Gasteiger partial charge in [-0.2, -0.15) is 0 Å². The Labute approximate surface area is 146 Å². The van der Waals surface area contributed by atoms with Crippen LogP contribution in [0.3, 0.4) is 0 Å². The molecule has 1 amide bonds. The van der Waals surface area contributed by atoms with Crippen molar-refractivity contribution < 1.29 is 19.0 Å². The van der Waals surface area contributed by atoms with Crippen LogP contribution in [0.4, 0.5) is 11.5 Å². The topological polar surface area (TPSA) is 72.9 Å². The second-order valence-electron chi connectivity index (χ2n) is 5.50. The van der Waals surface area contributed by atoms with Gasteiger partial charge >= 0.3 is 0 Å². The number of nitrogens with zero attached hydrogens (tertiary/aromatic N) is 2. The molecule has 25 heavy (non-hydrogen) atoms. The highest BCUT2D eigenvalue weighted by atomic mass is 16.5. The molecule has 1 aliphatic rings. The van der Waals surface area contributed by atoms with Gasteiger partial charge in [0, 0.05) is 19.2 Å². The number of methoxy groups -OCH3 is 2. The SMILES string of the molecule is COc1ccc(NC(=O)c2cccc(N3CCOCC3)n2)c(OC)c1. The van der Waals surface area contributed by atoms with Gasteiger partial charge in [0.15, 0.2) is 0 Å². The molecule has 1 aromatic heterocycles. The van der Waals surface area contributed by atoms with E-state index < -0.39 is 0 Å². The van der Waals surface area contributed by atoms with Crippen molar-refractivity contribution in [2.45, 2.75) is 0 Å². The van der Waals surface area contributed by atoms with Crippen molar-refractivity contribution in [3.05, 3.63) is 42.1 Å². The van der Waals surface area contributed by atoms with E-state index in [9.17, 15) is 4.79 Å². The average Bonchev–Trinajstić information content (AvgIpc) is 2.69. The molecule has 0 atom stereocenters. The average molecular weight is 343 g/mol. The molecule has 1 aromatic carbocycles. The first-order chi connectivity index (χ1) is 12.2. The van der Waals surface area contributed by atoms with Crippen molar-refractivity contribution >= 4 is 17.4 Å². The lowest BCUT2D eigenvalue weighted by Gasteiger charge is -2.27. The first-order valence-electron chi connectivity index (χ1n) is 8.04. The molecule has 1 saturated heterocycles. The third-order valence-electron chi connectivity index (χ3n) is 3.96. The molecule has 7 nitrogen and oxygen atoms in total. The molecule has 1 N–H and O–H groups in total. The number of carbonyl (C=O) groups is 1. The minimum atomic E-state index is -0.293. The van der Waals surface area contributed by atoms with Gasteiger partial charge in [-0.3, -0.25) is 4.79 Å². The van der Waals surface area contributed by atoms with Crippen LogP contribution in [0.2, 0.25) is 0 Å². The maximum atomic E-state index is 12.6. The maximum Gasteiger partial charge on any atom is 0.274 e. The standard InChI is InChI=1S/C18H21N3O4/c1-23-13-6-7-14(16(12-13)24-2)20-18(22)15-4-3-5-17(19-15)21-8-10-25-11-9-21/h3-7,12H,8-11H2,1-2H3,(H,20,22). The molecule has 3 rings (SSSR count). The van der Waals surface area contributed by atoms with Gasteiger partial charge in [0.1, 0.15) is 23.0 Å². The zero-order chi connectivity index (χ0) is 17.6. The van der Waals surface area contributed by atoms with Crippen LogP contribution in [0.1, 0.15) is 10.5 Å². The minimum absolute atomic E-state index is 0.293. The third-order valence-corrected chi connectivity index (χ3v) is 3.96. The summed E-state index contributed by atoms with van der Waals surface area (Å²) in [5.74, 6) is 1.66. The van der Waals surface area contributed by atoms with Crippen LogP contribution >= 0.6 is 0 Å². The van der Waals surface area contributed by atoms with E-state index in [1.165, 1.54) is 0 Å². The van der Waals surface area contributed by atoms with Crippen LogP contribution < -0.4 is 19.7 Å². The Morgan fingerprint density at radius 2 is 1.96 bits per heavy atom. The quantitative estimate of drug-likeness (QED) is 0.897. The lowest BCUT2D eigenvalue weighted by atomic mass is 10.2. The predicted octanol–water partition coefficient (Wildman–Crippen LogP) is 2.19. The number of carbonyl (C=O) groups excluding carboxylic acids is 1. The number of benzene rings is 1. The van der Waals surface area contributed by atoms with Gasteiger partial charge in [-0.25, -0.2) is 4.98 Å². The zero-order valence-corrected chi connectivity index (χ0v) is 14.3. The normalized spacial score (nSPS) is 14.1. The van der Waals surface area contributed by atoms with Crippen LogP contribution in [-0.4, -0.2) is 51.4 Å². The number of rotatable bonds is 5. The van der Waals surface area contributed by atoms with E-state index in [1.807, 2.05) is 12.1 Å². The van der Waals surface area contributed by atoms with Gasteiger partial charge in [-0.15, -0.1) is 0 Å². The highest BCUT2D eigenvalue weighted by Crippen LogP contribution is 2.29. The molecule has 2 heterocycles. The van der Waals surface area contributed by atoms with Crippen LogP contribution in [0.25, 0.3) is 0 Å². The number of nitrogens with one attached hydrogen (secondary N) is 1. The highest BCUT2D eigenvalue weighted by molar-refractivity contribution is 6.04. The Morgan fingerprint density at radius 1 is 1.16 bits per heavy atom. The molecule has 0 unspecified atom stereocenters. The van der Waals surface area contributed by atoms with E-state index in [4.69, 9.17) is 14.2 Å². The lowest BCUT2D eigenvalue weighted by molar-refractivity contribution is 0.102. The van der Waals surface area contributed by atoms with Crippen molar-refractivity contribution in [1.29, 1.82) is 0 Å². The van der Waals surface area contributed by atoms with Gasteiger partial charge in [0.25, 0.3) is 5.91 Å². The molecule has 7 heteroatoms. The molecule has 2 aromatic rings. The van der Waals surface area contributed by atoms with Gasteiger partial charge in [-0.05, 0) is 24.3 Å². The summed E-state index contributed by atoms with van der Waals surface area (Å²) in [6.45, 7) is 2.87. The van der Waals surface area contributed by atoms with Gasteiger partial charge < -0.3 is 24.4 Å². The van der Waals surface area contributed by atoms with Crippen molar-refractivity contribution in [1.82, 2.24) is 4.98 Å². The van der Waals surface area contributed by atoms with Gasteiger partial charge in [0.2, 0.25) is 0 Å². The van der Waals surface area contributed by atoms with Gasteiger partial charge in [0.05, 0.1) is 33.1 Å². The smallest absolute Gasteiger partial charge is 0.274 e. The Morgan fingerprint density at radius 3 is 2.68 bits per heavy atom. The molecular weight excluding hydrogens is 322 g/mol. The van der Waals surface area contributed by atoms with E-state index in [1.54, 1.807) is 38.5 Å². The molecule has 132 valence electrons. The monoisotopic (exact) mass is 343 g/mol. The number of amides is 1. The number of ether oxygens (including phenoxy) is 3. The Hall–Kier alpha value is -2.80. The summed E-state index contributed by atoms with van der Waals surface area (Å²) < 4.78 is 15.8. The fraction of sp³-hybridized carbons (Fsp3) is 0.333. The fourth-order valence-electron chi connectivity index (χ4n) is 2.61. The number of hydrogen-bond acceptors (Lipinski definition) is 6. The second-order valence-corrected chi connectivity index (χ2v) is 5.50. The first-order valence-corrected chi connectivity index (χ1v) is 8.04. The molecule has 0 bridgehead atoms. The summed E-state index contributed by atoms with van der Waals surface area (Å²) in [5, 5.41) is 2.83. The molecule has 0 aliphatic carbocycles. The Bertz CT molecular complexity index is 745. The van der Waals surface area contributed by atoms with E-state index >= 15 is 0 Å². The predicted molar refractivity (Wildman–Crippen MR) is 94.8 cm³/mol. The summed E-state index contributed by atoms with van der Waals surface area (Å²) in [6.07, 6.45) is 0. The Balaban J connectivity index is 1.77. The third kappa shape index (κ3) is 4.00. The number of pyridine rings is 1. The molecule has 0 radical (unpaired) electrons. The van der Waals surface area contributed by atoms with E-state index in [0.717, 1.165) is 18.9 Å². The molecule has 0 spiro atoms. The Kier molecular flexibility index (Phi) is 5.35. The van der Waals surface area contributed by atoms with Crippen molar-refractivity contribution in [3.63, 3.8) is 0 Å².